The van der Waals surface area contributed by atoms with E-state index in [1.54, 1.807) is 24.3 Å². The summed E-state index contributed by atoms with van der Waals surface area (Å²) < 4.78 is 11.0. The molecule has 1 aromatic heterocycles. The van der Waals surface area contributed by atoms with Crippen molar-refractivity contribution in [2.24, 2.45) is 5.92 Å². The minimum absolute atomic E-state index is 0.151. The molecule has 196 valence electrons. The minimum atomic E-state index is -1.09. The molecule has 2 fully saturated rings. The summed E-state index contributed by atoms with van der Waals surface area (Å²) in [7, 11) is 0. The van der Waals surface area contributed by atoms with E-state index < -0.39 is 40.9 Å². The first-order valence-electron chi connectivity index (χ1n) is 12.2. The van der Waals surface area contributed by atoms with Gasteiger partial charge in [-0.25, -0.2) is 9.59 Å². The monoisotopic (exact) mass is 534 g/mol. The minimum Gasteiger partial charge on any atom is -0.489 e. The van der Waals surface area contributed by atoms with Crippen LogP contribution in [0.1, 0.15) is 11.1 Å². The fourth-order valence-corrected chi connectivity index (χ4v) is 6.32. The van der Waals surface area contributed by atoms with Gasteiger partial charge in [0.2, 0.25) is 11.8 Å². The first-order valence-corrected chi connectivity index (χ1v) is 13.2. The molecule has 0 spiro atoms. The predicted octanol–water partition coefficient (Wildman–Crippen LogP) is 2.75. The second-order valence-corrected chi connectivity index (χ2v) is 10.4. The summed E-state index contributed by atoms with van der Waals surface area (Å²) in [6.07, 6.45) is 3.63. The predicted molar refractivity (Wildman–Crippen MR) is 142 cm³/mol. The van der Waals surface area contributed by atoms with Gasteiger partial charge >= 0.3 is 11.6 Å². The van der Waals surface area contributed by atoms with Crippen molar-refractivity contribution in [1.82, 2.24) is 10.2 Å². The Morgan fingerprint density at radius 1 is 1.18 bits per heavy atom. The van der Waals surface area contributed by atoms with Gasteiger partial charge in [0, 0.05) is 29.2 Å². The number of aliphatic carboxylic acids is 1. The average molecular weight is 535 g/mol. The van der Waals surface area contributed by atoms with Gasteiger partial charge in [0.15, 0.2) is 0 Å². The normalized spacial score (nSPS) is 22.7. The van der Waals surface area contributed by atoms with Gasteiger partial charge in [0.25, 0.3) is 0 Å². The van der Waals surface area contributed by atoms with E-state index in [1.165, 1.54) is 22.7 Å². The number of nitrogens with one attached hydrogen (secondary N) is 1. The number of carboxylic acids is 1. The van der Waals surface area contributed by atoms with Crippen LogP contribution >= 0.6 is 11.8 Å². The Morgan fingerprint density at radius 2 is 1.97 bits per heavy atom. The van der Waals surface area contributed by atoms with Crippen molar-refractivity contribution in [3.05, 3.63) is 88.3 Å². The van der Waals surface area contributed by atoms with E-state index in [-0.39, 0.29) is 18.9 Å². The Balaban J connectivity index is 1.19. The van der Waals surface area contributed by atoms with E-state index in [2.05, 4.69) is 5.32 Å². The lowest BCUT2D eigenvalue weighted by Crippen LogP contribution is -2.75. The molecule has 3 heterocycles. The fraction of sp³-hybridized carbons (Fsp3) is 0.286. The number of hydrogen-bond donors (Lipinski definition) is 2. The fourth-order valence-electron chi connectivity index (χ4n) is 4.84. The molecule has 0 radical (unpaired) electrons. The molecular formula is C28H26N2O7S. The first-order chi connectivity index (χ1) is 18.3. The number of β-lactam (4-membered cyclic amide) rings is 1. The molecule has 2 aliphatic heterocycles. The van der Waals surface area contributed by atoms with Gasteiger partial charge in [0.05, 0.1) is 6.42 Å². The largest absolute Gasteiger partial charge is 0.489 e. The number of ether oxygens (including phenoxy) is 1. The van der Waals surface area contributed by atoms with Gasteiger partial charge < -0.3 is 24.5 Å². The quantitative estimate of drug-likeness (QED) is 0.257. The highest BCUT2D eigenvalue weighted by Gasteiger charge is 2.57. The van der Waals surface area contributed by atoms with Crippen LogP contribution in [0.5, 0.6) is 5.75 Å². The number of amides is 2. The number of fused-ring (bicyclic) bond motifs is 2. The van der Waals surface area contributed by atoms with Crippen LogP contribution in [-0.2, 0) is 20.8 Å². The highest BCUT2D eigenvalue weighted by atomic mass is 32.2. The van der Waals surface area contributed by atoms with E-state index in [4.69, 9.17) is 9.15 Å². The van der Waals surface area contributed by atoms with Crippen molar-refractivity contribution in [3.63, 3.8) is 0 Å². The third kappa shape index (κ3) is 5.17. The van der Waals surface area contributed by atoms with Crippen LogP contribution in [-0.4, -0.2) is 57.6 Å². The SMILES string of the molecule is Cc1cc(=O)oc2cc(OC/C=C\C3CS[C@@H]4[C@H](NC(=O)Cc5ccccc5)C(=O)N4C3C(=O)O)ccc12. The van der Waals surface area contributed by atoms with Crippen molar-refractivity contribution >= 4 is 40.5 Å². The summed E-state index contributed by atoms with van der Waals surface area (Å²) in [5, 5.41) is 13.1. The summed E-state index contributed by atoms with van der Waals surface area (Å²) in [6.45, 7) is 2.00. The number of nitrogens with zero attached hydrogens (tertiary/aromatic N) is 1. The van der Waals surface area contributed by atoms with E-state index in [9.17, 15) is 24.3 Å². The van der Waals surface area contributed by atoms with Crippen molar-refractivity contribution in [1.29, 1.82) is 0 Å². The summed E-state index contributed by atoms with van der Waals surface area (Å²) in [4.78, 5) is 50.4. The maximum Gasteiger partial charge on any atom is 0.336 e. The molecule has 38 heavy (non-hydrogen) atoms. The lowest BCUT2D eigenvalue weighted by Gasteiger charge is -2.53. The molecule has 10 heteroatoms. The van der Waals surface area contributed by atoms with Gasteiger partial charge in [0.1, 0.15) is 35.4 Å². The van der Waals surface area contributed by atoms with Crippen LogP contribution in [0, 0.1) is 12.8 Å². The standard InChI is InChI=1S/C28H26N2O7S/c1-16-12-23(32)37-21-14-19(9-10-20(16)21)36-11-5-8-18-15-38-27-24(26(33)30(27)25(18)28(34)35)29-22(31)13-17-6-3-2-4-7-17/h2-10,12,14,18,24-25,27H,11,13,15H2,1H3,(H,29,31)(H,34,35)/b8-5-/t18?,24-,25?,27-/m1/s1. The van der Waals surface area contributed by atoms with Crippen LogP contribution in [0.3, 0.4) is 0 Å². The molecular weight excluding hydrogens is 508 g/mol. The zero-order chi connectivity index (χ0) is 26.8. The number of thioether (sulfide) groups is 1. The molecule has 5 rings (SSSR count). The lowest BCUT2D eigenvalue weighted by atomic mass is 9.93. The maximum absolute atomic E-state index is 12.9. The van der Waals surface area contributed by atoms with Crippen molar-refractivity contribution in [3.8, 4) is 5.75 Å². The Morgan fingerprint density at radius 3 is 2.74 bits per heavy atom. The second kappa shape index (κ2) is 10.7. The highest BCUT2D eigenvalue weighted by molar-refractivity contribution is 8.00. The lowest BCUT2D eigenvalue weighted by molar-refractivity contribution is -0.164. The maximum atomic E-state index is 12.9. The first kappa shape index (κ1) is 25.6. The summed E-state index contributed by atoms with van der Waals surface area (Å²) in [5.41, 5.74) is 1.65. The number of hydrogen-bond acceptors (Lipinski definition) is 7. The van der Waals surface area contributed by atoms with Gasteiger partial charge in [-0.2, -0.15) is 0 Å². The van der Waals surface area contributed by atoms with E-state index in [1.807, 2.05) is 43.3 Å². The molecule has 9 nitrogen and oxygen atoms in total. The third-order valence-corrected chi connectivity index (χ3v) is 8.09. The molecule has 2 amide bonds. The van der Waals surface area contributed by atoms with Crippen molar-refractivity contribution in [2.75, 3.05) is 12.4 Å². The number of carbonyl (C=O) groups is 3. The number of benzene rings is 2. The van der Waals surface area contributed by atoms with Crippen LogP contribution in [0.2, 0.25) is 0 Å². The molecule has 3 aromatic rings. The smallest absolute Gasteiger partial charge is 0.336 e. The summed E-state index contributed by atoms with van der Waals surface area (Å²) >= 11 is 1.45. The molecule has 2 aliphatic rings. The van der Waals surface area contributed by atoms with Crippen molar-refractivity contribution < 1.29 is 28.6 Å². The average Bonchev–Trinajstić information content (AvgIpc) is 2.89. The molecule has 2 unspecified atom stereocenters. The molecule has 4 atom stereocenters. The van der Waals surface area contributed by atoms with Gasteiger partial charge in [-0.05, 0) is 30.2 Å². The van der Waals surface area contributed by atoms with Crippen LogP contribution in [0.25, 0.3) is 11.0 Å². The number of carboxylic acid groups (broad SMARTS) is 1. The van der Waals surface area contributed by atoms with E-state index in [0.29, 0.717) is 17.1 Å². The molecule has 2 aromatic carbocycles. The van der Waals surface area contributed by atoms with E-state index in [0.717, 1.165) is 16.5 Å². The number of rotatable bonds is 8. The van der Waals surface area contributed by atoms with E-state index >= 15 is 0 Å². The number of aryl methyl sites for hydroxylation is 1. The Kier molecular flexibility index (Phi) is 7.24. The van der Waals surface area contributed by atoms with Crippen LogP contribution in [0.15, 0.2) is 76.0 Å². The van der Waals surface area contributed by atoms with Crippen molar-refractivity contribution in [2.45, 2.75) is 30.8 Å². The second-order valence-electron chi connectivity index (χ2n) is 9.27. The molecule has 0 bridgehead atoms. The molecule has 2 saturated heterocycles. The van der Waals surface area contributed by atoms with Gasteiger partial charge in [-0.3, -0.25) is 9.59 Å². The Hall–Kier alpha value is -4.05. The summed E-state index contributed by atoms with van der Waals surface area (Å²) in [6, 6.07) is 14.1. The third-order valence-electron chi connectivity index (χ3n) is 6.67. The van der Waals surface area contributed by atoms with Gasteiger partial charge in [-0.1, -0.05) is 42.5 Å². The van der Waals surface area contributed by atoms with Crippen LogP contribution < -0.4 is 15.7 Å². The van der Waals surface area contributed by atoms with Crippen LogP contribution in [0.4, 0.5) is 0 Å². The zero-order valence-electron chi connectivity index (χ0n) is 20.5. The molecule has 2 N–H and O–H groups in total. The molecule has 0 aliphatic carbocycles. The number of carbonyl (C=O) groups excluding carboxylic acids is 2. The highest BCUT2D eigenvalue weighted by Crippen LogP contribution is 2.41. The Bertz CT molecular complexity index is 1470. The van der Waals surface area contributed by atoms with Gasteiger partial charge in [-0.15, -0.1) is 11.8 Å². The Labute approximate surface area is 222 Å². The molecule has 0 saturated carbocycles. The summed E-state index contributed by atoms with van der Waals surface area (Å²) in [5.74, 6) is -1.18. The topological polar surface area (TPSA) is 126 Å². The zero-order valence-corrected chi connectivity index (χ0v) is 21.4.